The molecule has 0 aliphatic carbocycles. The third-order valence-electron chi connectivity index (χ3n) is 4.26. The lowest BCUT2D eigenvalue weighted by atomic mass is 9.87. The van der Waals surface area contributed by atoms with Gasteiger partial charge in [0.2, 0.25) is 5.91 Å². The molecular formula is C17H26N2O3S. The summed E-state index contributed by atoms with van der Waals surface area (Å²) in [7, 11) is -1.13. The molecule has 1 aromatic rings. The Labute approximate surface area is 139 Å². The molecule has 6 heteroatoms. The van der Waals surface area contributed by atoms with Crippen molar-refractivity contribution in [2.24, 2.45) is 0 Å². The van der Waals surface area contributed by atoms with Crippen LogP contribution in [0.15, 0.2) is 24.3 Å². The Morgan fingerprint density at radius 3 is 2.35 bits per heavy atom. The molecule has 0 bridgehead atoms. The van der Waals surface area contributed by atoms with Crippen molar-refractivity contribution in [3.05, 3.63) is 29.8 Å². The number of anilines is 1. The summed E-state index contributed by atoms with van der Waals surface area (Å²) in [4.78, 5) is 13.9. The first-order valence-corrected chi connectivity index (χ1v) is 9.70. The molecule has 1 fully saturated rings. The maximum atomic E-state index is 12.1. The summed E-state index contributed by atoms with van der Waals surface area (Å²) in [5.74, 6) is 0.245. The van der Waals surface area contributed by atoms with Crippen LogP contribution in [0.25, 0.3) is 0 Å². The molecule has 1 aliphatic rings. The van der Waals surface area contributed by atoms with E-state index in [4.69, 9.17) is 0 Å². The highest BCUT2D eigenvalue weighted by molar-refractivity contribution is 7.91. The number of hydrogen-bond donors (Lipinski definition) is 1. The second-order valence-electron chi connectivity index (χ2n) is 7.35. The molecular weight excluding hydrogens is 312 g/mol. The van der Waals surface area contributed by atoms with Gasteiger partial charge in [-0.15, -0.1) is 0 Å². The van der Waals surface area contributed by atoms with E-state index in [-0.39, 0.29) is 35.4 Å². The van der Waals surface area contributed by atoms with Crippen LogP contribution in [0.5, 0.6) is 0 Å². The third kappa shape index (κ3) is 5.04. The van der Waals surface area contributed by atoms with Crippen molar-refractivity contribution in [3.8, 4) is 0 Å². The van der Waals surface area contributed by atoms with Gasteiger partial charge in [-0.1, -0.05) is 32.9 Å². The Kier molecular flexibility index (Phi) is 5.16. The average molecular weight is 338 g/mol. The van der Waals surface area contributed by atoms with Gasteiger partial charge in [-0.05, 0) is 36.6 Å². The van der Waals surface area contributed by atoms with Crippen molar-refractivity contribution >= 4 is 21.4 Å². The van der Waals surface area contributed by atoms with Gasteiger partial charge in [-0.25, -0.2) is 8.42 Å². The van der Waals surface area contributed by atoms with E-state index in [1.807, 2.05) is 29.2 Å². The van der Waals surface area contributed by atoms with E-state index >= 15 is 0 Å². The predicted molar refractivity (Wildman–Crippen MR) is 93.5 cm³/mol. The zero-order valence-electron chi connectivity index (χ0n) is 14.3. The molecule has 1 unspecified atom stereocenters. The summed E-state index contributed by atoms with van der Waals surface area (Å²) in [6.07, 6.45) is 0.604. The number of nitrogens with zero attached hydrogens (tertiary/aromatic N) is 1. The van der Waals surface area contributed by atoms with E-state index < -0.39 is 9.84 Å². The molecule has 1 saturated heterocycles. The van der Waals surface area contributed by atoms with Crippen LogP contribution >= 0.6 is 0 Å². The van der Waals surface area contributed by atoms with E-state index in [2.05, 4.69) is 26.1 Å². The van der Waals surface area contributed by atoms with Crippen LogP contribution in [0, 0.1) is 0 Å². The fraction of sp³-hybridized carbons (Fsp3) is 0.588. The van der Waals surface area contributed by atoms with Gasteiger partial charge < -0.3 is 5.32 Å². The topological polar surface area (TPSA) is 66.5 Å². The van der Waals surface area contributed by atoms with Gasteiger partial charge in [0.15, 0.2) is 9.84 Å². The summed E-state index contributed by atoms with van der Waals surface area (Å²) in [6, 6.07) is 7.77. The van der Waals surface area contributed by atoms with Crippen LogP contribution in [-0.2, 0) is 20.0 Å². The number of carbonyl (C=O) groups is 1. The Morgan fingerprint density at radius 2 is 1.87 bits per heavy atom. The molecule has 1 amide bonds. The molecule has 128 valence electrons. The first-order chi connectivity index (χ1) is 10.6. The minimum absolute atomic E-state index is 0.0611. The Morgan fingerprint density at radius 1 is 1.26 bits per heavy atom. The van der Waals surface area contributed by atoms with Crippen molar-refractivity contribution < 1.29 is 13.2 Å². The lowest BCUT2D eigenvalue weighted by Gasteiger charge is -2.22. The van der Waals surface area contributed by atoms with Gasteiger partial charge >= 0.3 is 0 Å². The quantitative estimate of drug-likeness (QED) is 0.912. The van der Waals surface area contributed by atoms with Gasteiger partial charge in [0.25, 0.3) is 0 Å². The first-order valence-electron chi connectivity index (χ1n) is 7.88. The smallest absolute Gasteiger partial charge is 0.238 e. The van der Waals surface area contributed by atoms with Crippen LogP contribution in [0.1, 0.15) is 32.8 Å². The van der Waals surface area contributed by atoms with E-state index in [0.29, 0.717) is 6.42 Å². The Balaban J connectivity index is 1.90. The van der Waals surface area contributed by atoms with Gasteiger partial charge in [0.05, 0.1) is 18.1 Å². The predicted octanol–water partition coefficient (Wildman–Crippen LogP) is 2.04. The first kappa shape index (κ1) is 17.9. The van der Waals surface area contributed by atoms with Crippen LogP contribution in [0.2, 0.25) is 0 Å². The van der Waals surface area contributed by atoms with Crippen LogP contribution in [0.3, 0.4) is 0 Å². The molecule has 0 aromatic heterocycles. The maximum Gasteiger partial charge on any atom is 0.238 e. The number of nitrogens with one attached hydrogen (secondary N) is 1. The fourth-order valence-corrected chi connectivity index (χ4v) is 4.54. The summed E-state index contributed by atoms with van der Waals surface area (Å²) in [5, 5.41) is 2.87. The second kappa shape index (κ2) is 6.61. The normalized spacial score (nSPS) is 20.7. The van der Waals surface area contributed by atoms with E-state index in [9.17, 15) is 13.2 Å². The van der Waals surface area contributed by atoms with Crippen molar-refractivity contribution in [1.29, 1.82) is 0 Å². The largest absolute Gasteiger partial charge is 0.325 e. The van der Waals surface area contributed by atoms with Crippen molar-refractivity contribution in [2.45, 2.75) is 38.6 Å². The number of hydrogen-bond acceptors (Lipinski definition) is 4. The van der Waals surface area contributed by atoms with E-state index in [1.165, 1.54) is 5.56 Å². The van der Waals surface area contributed by atoms with Gasteiger partial charge in [0, 0.05) is 11.7 Å². The minimum atomic E-state index is -2.93. The number of amides is 1. The summed E-state index contributed by atoms with van der Waals surface area (Å²) >= 11 is 0. The molecule has 0 saturated carbocycles. The zero-order chi connectivity index (χ0) is 17.3. The van der Waals surface area contributed by atoms with Gasteiger partial charge in [-0.3, -0.25) is 9.69 Å². The molecule has 1 N–H and O–H groups in total. The fourth-order valence-electron chi connectivity index (χ4n) is 2.73. The monoisotopic (exact) mass is 338 g/mol. The molecule has 0 radical (unpaired) electrons. The molecule has 1 aliphatic heterocycles. The number of likely N-dealkylation sites (N-methyl/N-ethyl adjacent to an activating group) is 1. The molecule has 23 heavy (non-hydrogen) atoms. The maximum absolute atomic E-state index is 12.1. The van der Waals surface area contributed by atoms with Gasteiger partial charge in [-0.2, -0.15) is 0 Å². The SMILES string of the molecule is CN(CC(=O)Nc1ccc(C(C)(C)C)cc1)C1CCS(=O)(=O)C1. The molecule has 1 aromatic carbocycles. The Hall–Kier alpha value is -1.40. The molecule has 1 atom stereocenters. The summed E-state index contributed by atoms with van der Waals surface area (Å²) in [5.41, 5.74) is 2.05. The number of rotatable bonds is 4. The number of carbonyl (C=O) groups excluding carboxylic acids is 1. The second-order valence-corrected chi connectivity index (χ2v) is 9.58. The lowest BCUT2D eigenvalue weighted by Crippen LogP contribution is -2.38. The van der Waals surface area contributed by atoms with Gasteiger partial charge in [0.1, 0.15) is 0 Å². The zero-order valence-corrected chi connectivity index (χ0v) is 15.1. The van der Waals surface area contributed by atoms with Crippen LogP contribution < -0.4 is 5.32 Å². The van der Waals surface area contributed by atoms with Crippen LogP contribution in [-0.4, -0.2) is 50.4 Å². The molecule has 5 nitrogen and oxygen atoms in total. The van der Waals surface area contributed by atoms with Crippen LogP contribution in [0.4, 0.5) is 5.69 Å². The van der Waals surface area contributed by atoms with E-state index in [1.54, 1.807) is 7.05 Å². The standard InChI is InChI=1S/C17H26N2O3S/c1-17(2,3)13-5-7-14(8-6-13)18-16(20)11-19(4)15-9-10-23(21,22)12-15/h5-8,15H,9-12H2,1-4H3,(H,18,20). The lowest BCUT2D eigenvalue weighted by molar-refractivity contribution is -0.117. The summed E-state index contributed by atoms with van der Waals surface area (Å²) < 4.78 is 23.0. The summed E-state index contributed by atoms with van der Waals surface area (Å²) in [6.45, 7) is 6.63. The molecule has 2 rings (SSSR count). The molecule has 0 spiro atoms. The number of sulfone groups is 1. The van der Waals surface area contributed by atoms with E-state index in [0.717, 1.165) is 5.69 Å². The average Bonchev–Trinajstić information content (AvgIpc) is 2.78. The number of benzene rings is 1. The minimum Gasteiger partial charge on any atom is -0.325 e. The third-order valence-corrected chi connectivity index (χ3v) is 6.01. The molecule has 1 heterocycles. The Bertz CT molecular complexity index is 660. The highest BCUT2D eigenvalue weighted by Gasteiger charge is 2.31. The highest BCUT2D eigenvalue weighted by atomic mass is 32.2. The highest BCUT2D eigenvalue weighted by Crippen LogP contribution is 2.23. The van der Waals surface area contributed by atoms with Crippen molar-refractivity contribution in [3.63, 3.8) is 0 Å². The van der Waals surface area contributed by atoms with Crippen molar-refractivity contribution in [2.75, 3.05) is 30.4 Å². The van der Waals surface area contributed by atoms with Crippen molar-refractivity contribution in [1.82, 2.24) is 4.90 Å².